The molecule has 1 aromatic heterocycles. The minimum absolute atomic E-state index is 0.00167. The molecule has 0 unspecified atom stereocenters. The third-order valence-corrected chi connectivity index (χ3v) is 2.32. The maximum atomic E-state index is 10.8. The summed E-state index contributed by atoms with van der Waals surface area (Å²) in [6.07, 6.45) is 0.518. The van der Waals surface area contributed by atoms with Crippen LogP contribution in [-0.2, 0) is 4.79 Å². The highest BCUT2D eigenvalue weighted by Crippen LogP contribution is 2.10. The quantitative estimate of drug-likeness (QED) is 0.497. The van der Waals surface area contributed by atoms with Crippen molar-refractivity contribution in [1.29, 1.82) is 0 Å². The molecule has 0 radical (unpaired) electrons. The minimum atomic E-state index is 0.00167. The first-order chi connectivity index (χ1) is 8.29. The number of oxime groups is 1. The van der Waals surface area contributed by atoms with Crippen LogP contribution < -0.4 is 10.6 Å². The maximum Gasteiger partial charge on any atom is 0.200 e. The summed E-state index contributed by atoms with van der Waals surface area (Å²) < 4.78 is 3.86. The van der Waals surface area contributed by atoms with Gasteiger partial charge in [-0.15, -0.1) is 0 Å². The lowest BCUT2D eigenvalue weighted by molar-refractivity contribution is -0.102. The Bertz CT molecular complexity index is 538. The molecule has 17 heavy (non-hydrogen) atoms. The molecule has 2 aromatic rings. The Morgan fingerprint density at radius 1 is 1.41 bits per heavy atom. The Kier molecular flexibility index (Phi) is 3.41. The van der Waals surface area contributed by atoms with E-state index in [-0.39, 0.29) is 16.7 Å². The third kappa shape index (κ3) is 2.85. The summed E-state index contributed by atoms with van der Waals surface area (Å²) in [7, 11) is 0. The van der Waals surface area contributed by atoms with Gasteiger partial charge in [-0.2, -0.15) is 9.36 Å². The number of para-hydroxylation sites is 1. The molecule has 0 saturated heterocycles. The molecule has 0 atom stereocenters. The Morgan fingerprint density at radius 3 is 2.76 bits per heavy atom. The van der Waals surface area contributed by atoms with Crippen molar-refractivity contribution in [3.05, 3.63) is 36.2 Å². The summed E-state index contributed by atoms with van der Waals surface area (Å²) in [4.78, 5) is 19.7. The second-order valence-corrected chi connectivity index (χ2v) is 3.74. The molecule has 2 rings (SSSR count). The lowest BCUT2D eigenvalue weighted by atomic mass is 10.3. The summed E-state index contributed by atoms with van der Waals surface area (Å²) in [5, 5.41) is 3.94. The summed E-state index contributed by atoms with van der Waals surface area (Å²) in [6.45, 7) is 0. The zero-order chi connectivity index (χ0) is 12.1. The second kappa shape index (κ2) is 5.17. The molecule has 2 N–H and O–H groups in total. The summed E-state index contributed by atoms with van der Waals surface area (Å²) in [6, 6.07) is 8.87. The largest absolute Gasteiger partial charge is 0.374 e. The molecular formula is C10H8N4O2S. The van der Waals surface area contributed by atoms with Gasteiger partial charge in [0.05, 0.1) is 0 Å². The molecule has 0 spiro atoms. The van der Waals surface area contributed by atoms with Crippen LogP contribution in [0.25, 0.3) is 0 Å². The first-order valence-electron chi connectivity index (χ1n) is 4.64. The van der Waals surface area contributed by atoms with Crippen molar-refractivity contribution in [3.8, 4) is 5.75 Å². The summed E-state index contributed by atoms with van der Waals surface area (Å²) in [5.74, 6) is 0.688. The first kappa shape index (κ1) is 11.2. The number of nitrogens with two attached hydrogens (primary N) is 1. The van der Waals surface area contributed by atoms with Gasteiger partial charge in [0, 0.05) is 11.5 Å². The molecule has 0 aliphatic carbocycles. The average Bonchev–Trinajstić information content (AvgIpc) is 2.78. The molecular weight excluding hydrogens is 240 g/mol. The van der Waals surface area contributed by atoms with Crippen LogP contribution in [0.1, 0.15) is 5.82 Å². The zero-order valence-corrected chi connectivity index (χ0v) is 9.42. The van der Waals surface area contributed by atoms with Gasteiger partial charge in [-0.3, -0.25) is 4.79 Å². The van der Waals surface area contributed by atoms with Gasteiger partial charge in [0.15, 0.2) is 28.7 Å². The Hall–Kier alpha value is -2.28. The van der Waals surface area contributed by atoms with Crippen molar-refractivity contribution in [3.63, 3.8) is 0 Å². The number of benzene rings is 1. The smallest absolute Gasteiger partial charge is 0.200 e. The van der Waals surface area contributed by atoms with E-state index in [1.165, 1.54) is 0 Å². The van der Waals surface area contributed by atoms with Crippen molar-refractivity contribution >= 4 is 28.7 Å². The third-order valence-electron chi connectivity index (χ3n) is 1.78. The second-order valence-electron chi connectivity index (χ2n) is 2.95. The summed E-state index contributed by atoms with van der Waals surface area (Å²) >= 11 is 0.991. The Labute approximate surface area is 101 Å². The van der Waals surface area contributed by atoms with Crippen LogP contribution in [0.3, 0.4) is 0 Å². The Morgan fingerprint density at radius 2 is 2.18 bits per heavy atom. The SMILES string of the molecule is Nc1nc(C(C=O)=NOc2ccccc2)ns1. The molecule has 1 aromatic carbocycles. The van der Waals surface area contributed by atoms with Gasteiger partial charge in [0.25, 0.3) is 0 Å². The number of aromatic nitrogens is 2. The van der Waals surface area contributed by atoms with Crippen LogP contribution in [0.15, 0.2) is 35.5 Å². The van der Waals surface area contributed by atoms with E-state index in [2.05, 4.69) is 14.5 Å². The standard InChI is InChI=1S/C10H8N4O2S/c11-10-12-9(14-17-10)8(6-15)13-16-7-4-2-1-3-5-7/h1-6H,(H2,11,12,14). The van der Waals surface area contributed by atoms with Gasteiger partial charge >= 0.3 is 0 Å². The number of rotatable bonds is 4. The number of aldehydes is 1. The van der Waals surface area contributed by atoms with Crippen LogP contribution in [0.2, 0.25) is 0 Å². The highest BCUT2D eigenvalue weighted by molar-refractivity contribution is 7.09. The van der Waals surface area contributed by atoms with Crippen LogP contribution in [0.5, 0.6) is 5.75 Å². The molecule has 0 aliphatic heterocycles. The molecule has 0 bridgehead atoms. The molecule has 7 heteroatoms. The highest BCUT2D eigenvalue weighted by atomic mass is 32.1. The molecule has 86 valence electrons. The van der Waals surface area contributed by atoms with E-state index in [9.17, 15) is 4.79 Å². The fraction of sp³-hybridized carbons (Fsp3) is 0. The number of hydrogen-bond donors (Lipinski definition) is 1. The van der Waals surface area contributed by atoms with E-state index in [4.69, 9.17) is 10.6 Å². The summed E-state index contributed by atoms with van der Waals surface area (Å²) in [5.41, 5.74) is 5.41. The van der Waals surface area contributed by atoms with Crippen LogP contribution in [0, 0.1) is 0 Å². The first-order valence-corrected chi connectivity index (χ1v) is 5.41. The van der Waals surface area contributed by atoms with E-state index < -0.39 is 0 Å². The van der Waals surface area contributed by atoms with Crippen LogP contribution >= 0.6 is 11.5 Å². The normalized spacial score (nSPS) is 11.2. The van der Waals surface area contributed by atoms with Crippen molar-refractivity contribution in [2.24, 2.45) is 5.16 Å². The monoisotopic (exact) mass is 248 g/mol. The maximum absolute atomic E-state index is 10.8. The lowest BCUT2D eigenvalue weighted by Gasteiger charge is -1.97. The number of carbonyl (C=O) groups excluding carboxylic acids is 1. The number of hydrogen-bond acceptors (Lipinski definition) is 7. The van der Waals surface area contributed by atoms with Gasteiger partial charge in [0.2, 0.25) is 0 Å². The molecule has 1 heterocycles. The van der Waals surface area contributed by atoms with Crippen LogP contribution in [0.4, 0.5) is 5.13 Å². The van der Waals surface area contributed by atoms with Crippen molar-refractivity contribution in [2.75, 3.05) is 5.73 Å². The topological polar surface area (TPSA) is 90.5 Å². The van der Waals surface area contributed by atoms with E-state index in [1.54, 1.807) is 24.3 Å². The van der Waals surface area contributed by atoms with Gasteiger partial charge in [-0.25, -0.2) is 0 Å². The van der Waals surface area contributed by atoms with Crippen molar-refractivity contribution in [1.82, 2.24) is 9.36 Å². The van der Waals surface area contributed by atoms with Gasteiger partial charge in [-0.05, 0) is 12.1 Å². The van der Waals surface area contributed by atoms with Crippen molar-refractivity contribution < 1.29 is 9.63 Å². The zero-order valence-electron chi connectivity index (χ0n) is 8.61. The molecule has 0 amide bonds. The van der Waals surface area contributed by atoms with Gasteiger partial charge in [0.1, 0.15) is 0 Å². The minimum Gasteiger partial charge on any atom is -0.374 e. The van der Waals surface area contributed by atoms with E-state index in [1.807, 2.05) is 6.07 Å². The predicted octanol–water partition coefficient (Wildman–Crippen LogP) is 1.10. The fourth-order valence-electron chi connectivity index (χ4n) is 1.04. The molecule has 0 saturated carbocycles. The van der Waals surface area contributed by atoms with Gasteiger partial charge in [-0.1, -0.05) is 23.4 Å². The van der Waals surface area contributed by atoms with E-state index in [0.29, 0.717) is 12.0 Å². The number of nitrogens with zero attached hydrogens (tertiary/aromatic N) is 3. The highest BCUT2D eigenvalue weighted by Gasteiger charge is 2.09. The Balaban J connectivity index is 2.16. The molecule has 0 fully saturated rings. The van der Waals surface area contributed by atoms with Crippen LogP contribution in [-0.4, -0.2) is 21.4 Å². The fourth-order valence-corrected chi connectivity index (χ4v) is 1.48. The van der Waals surface area contributed by atoms with Crippen molar-refractivity contribution in [2.45, 2.75) is 0 Å². The predicted molar refractivity (Wildman–Crippen MR) is 64.0 cm³/mol. The molecule has 0 aliphatic rings. The average molecular weight is 248 g/mol. The number of nitrogen functional groups attached to an aromatic ring is 1. The van der Waals surface area contributed by atoms with E-state index >= 15 is 0 Å². The van der Waals surface area contributed by atoms with E-state index in [0.717, 1.165) is 11.5 Å². The number of anilines is 1. The number of carbonyl (C=O) groups is 1. The molecule has 6 nitrogen and oxygen atoms in total. The van der Waals surface area contributed by atoms with Gasteiger partial charge < -0.3 is 10.6 Å². The lowest BCUT2D eigenvalue weighted by Crippen LogP contribution is -2.07.